The molecule has 0 aromatic heterocycles. The lowest BCUT2D eigenvalue weighted by Crippen LogP contribution is -2.26. The molecule has 1 aliphatic heterocycles. The first-order valence-electron chi connectivity index (χ1n) is 13.1. The minimum atomic E-state index is -2.51. The van der Waals surface area contributed by atoms with Gasteiger partial charge in [0.15, 0.2) is 0 Å². The van der Waals surface area contributed by atoms with Crippen LogP contribution < -0.4 is 4.74 Å². The number of benzene rings is 3. The van der Waals surface area contributed by atoms with Gasteiger partial charge in [0.1, 0.15) is 11.9 Å². The molecule has 1 atom stereocenters. The van der Waals surface area contributed by atoms with Crippen molar-refractivity contribution in [2.24, 2.45) is 0 Å². The first-order valence-corrected chi connectivity index (χ1v) is 13.8. The third-order valence-corrected chi connectivity index (χ3v) is 7.91. The highest BCUT2D eigenvalue weighted by Gasteiger charge is 2.25. The van der Waals surface area contributed by atoms with Crippen molar-refractivity contribution in [2.45, 2.75) is 44.6 Å². The Morgan fingerprint density at radius 2 is 1.74 bits per heavy atom. The van der Waals surface area contributed by atoms with E-state index >= 15 is 0 Å². The predicted molar refractivity (Wildman–Crippen MR) is 149 cm³/mol. The molecule has 0 amide bonds. The van der Waals surface area contributed by atoms with Crippen LogP contribution in [-0.2, 0) is 6.42 Å². The number of allylic oxidation sites excluding steroid dienone is 1. The van der Waals surface area contributed by atoms with Gasteiger partial charge < -0.3 is 4.74 Å². The van der Waals surface area contributed by atoms with E-state index in [1.165, 1.54) is 6.07 Å². The molecule has 200 valence electrons. The predicted octanol–water partition coefficient (Wildman–Crippen LogP) is 9.04. The lowest BCUT2D eigenvalue weighted by atomic mass is 9.87. The second-order valence-electron chi connectivity index (χ2n) is 9.94. The summed E-state index contributed by atoms with van der Waals surface area (Å²) in [6, 6.07) is 18.5. The van der Waals surface area contributed by atoms with Crippen LogP contribution in [0.15, 0.2) is 60.7 Å². The fourth-order valence-electron chi connectivity index (χ4n) is 5.55. The summed E-state index contributed by atoms with van der Waals surface area (Å²) in [6.45, 7) is 2.17. The lowest BCUT2D eigenvalue weighted by molar-refractivity contribution is 0.151. The zero-order chi connectivity index (χ0) is 26.6. The molecule has 0 N–H and O–H groups in total. The number of nitrogens with zero attached hydrogens (tertiary/aromatic N) is 1. The van der Waals surface area contributed by atoms with Crippen LogP contribution in [0.2, 0.25) is 10.0 Å². The number of aryl methyl sites for hydroxylation is 1. The summed E-state index contributed by atoms with van der Waals surface area (Å²) in [6.07, 6.45) is 1.31. The molecule has 7 heteroatoms. The monoisotopic (exact) mass is 559 g/mol. The average Bonchev–Trinajstić information content (AvgIpc) is 3.26. The van der Waals surface area contributed by atoms with Crippen molar-refractivity contribution in [3.8, 4) is 5.75 Å². The molecule has 0 bridgehead atoms. The van der Waals surface area contributed by atoms with E-state index < -0.39 is 6.43 Å². The molecule has 1 fully saturated rings. The SMILES string of the molecule is FCCCN1CC[C@H](Oc2ccc(C3=C(c4ccc(Cl)cc4Cl)CCCc4cc(C(F)F)ccc43)cc2)C1. The van der Waals surface area contributed by atoms with Crippen LogP contribution in [0.4, 0.5) is 13.2 Å². The number of hydrogen-bond donors (Lipinski definition) is 0. The van der Waals surface area contributed by atoms with Crippen molar-refractivity contribution in [1.29, 1.82) is 0 Å². The Labute approximate surface area is 232 Å². The maximum absolute atomic E-state index is 13.5. The highest BCUT2D eigenvalue weighted by molar-refractivity contribution is 6.36. The van der Waals surface area contributed by atoms with Gasteiger partial charge in [-0.1, -0.05) is 53.5 Å². The van der Waals surface area contributed by atoms with Gasteiger partial charge in [0.05, 0.1) is 6.67 Å². The maximum atomic E-state index is 13.5. The second-order valence-corrected chi connectivity index (χ2v) is 10.8. The molecule has 0 unspecified atom stereocenters. The molecule has 38 heavy (non-hydrogen) atoms. The Morgan fingerprint density at radius 1 is 0.947 bits per heavy atom. The summed E-state index contributed by atoms with van der Waals surface area (Å²) in [7, 11) is 0. The molecule has 2 aliphatic rings. The van der Waals surface area contributed by atoms with Gasteiger partial charge in [0.25, 0.3) is 6.43 Å². The Balaban J connectivity index is 1.51. The first-order chi connectivity index (χ1) is 18.4. The van der Waals surface area contributed by atoms with Gasteiger partial charge in [-0.25, -0.2) is 8.78 Å². The van der Waals surface area contributed by atoms with Crippen molar-refractivity contribution >= 4 is 34.3 Å². The summed E-state index contributed by atoms with van der Waals surface area (Å²) in [5.41, 5.74) is 5.84. The molecule has 1 aliphatic carbocycles. The van der Waals surface area contributed by atoms with Crippen molar-refractivity contribution in [1.82, 2.24) is 4.90 Å². The average molecular weight is 560 g/mol. The molecule has 0 saturated carbocycles. The van der Waals surface area contributed by atoms with Crippen LogP contribution in [0.3, 0.4) is 0 Å². The minimum absolute atomic E-state index is 0.0388. The number of rotatable bonds is 8. The smallest absolute Gasteiger partial charge is 0.263 e. The Hall–Kier alpha value is -2.47. The number of hydrogen-bond acceptors (Lipinski definition) is 2. The molecule has 3 aromatic rings. The van der Waals surface area contributed by atoms with E-state index in [0.717, 1.165) is 78.0 Å². The van der Waals surface area contributed by atoms with Gasteiger partial charge in [-0.15, -0.1) is 0 Å². The van der Waals surface area contributed by atoms with Gasteiger partial charge in [0.2, 0.25) is 0 Å². The van der Waals surface area contributed by atoms with E-state index in [2.05, 4.69) is 4.90 Å². The highest BCUT2D eigenvalue weighted by atomic mass is 35.5. The van der Waals surface area contributed by atoms with Gasteiger partial charge in [-0.2, -0.15) is 0 Å². The molecule has 1 heterocycles. The lowest BCUT2D eigenvalue weighted by Gasteiger charge is -2.19. The largest absolute Gasteiger partial charge is 0.489 e. The Bertz CT molecular complexity index is 1310. The number of halogens is 5. The highest BCUT2D eigenvalue weighted by Crippen LogP contribution is 2.43. The number of fused-ring (bicyclic) bond motifs is 1. The topological polar surface area (TPSA) is 12.5 Å². The summed E-state index contributed by atoms with van der Waals surface area (Å²) < 4.78 is 45.8. The van der Waals surface area contributed by atoms with E-state index in [0.29, 0.717) is 22.9 Å². The normalized spacial score (nSPS) is 18.1. The molecule has 0 spiro atoms. The molecular weight excluding hydrogens is 530 g/mol. The molecule has 2 nitrogen and oxygen atoms in total. The summed E-state index contributed by atoms with van der Waals surface area (Å²) in [5.74, 6) is 0.777. The number of ether oxygens (including phenoxy) is 1. The standard InChI is InChI=1S/C31H30Cl2F3NO/c32-23-8-12-27(29(33)18-23)28-4-1-3-21-17-22(31(35)36)7-11-26(21)30(28)20-5-9-24(10-6-20)38-25-13-16-37(19-25)15-2-14-34/h5-12,17-18,25,31H,1-4,13-16,19H2/t25-/m0/s1. The van der Waals surface area contributed by atoms with Crippen LogP contribution in [-0.4, -0.2) is 37.3 Å². The van der Waals surface area contributed by atoms with E-state index in [1.54, 1.807) is 12.1 Å². The van der Waals surface area contributed by atoms with E-state index in [-0.39, 0.29) is 18.3 Å². The zero-order valence-electron chi connectivity index (χ0n) is 21.0. The van der Waals surface area contributed by atoms with Gasteiger partial charge in [-0.3, -0.25) is 9.29 Å². The summed E-state index contributed by atoms with van der Waals surface area (Å²) >= 11 is 12.8. The minimum Gasteiger partial charge on any atom is -0.489 e. The van der Waals surface area contributed by atoms with E-state index in [1.807, 2.05) is 42.5 Å². The molecular formula is C31H30Cl2F3NO. The molecule has 1 saturated heterocycles. The third-order valence-electron chi connectivity index (χ3n) is 7.36. The van der Waals surface area contributed by atoms with E-state index in [9.17, 15) is 13.2 Å². The van der Waals surface area contributed by atoms with Crippen LogP contribution in [0.25, 0.3) is 11.1 Å². The maximum Gasteiger partial charge on any atom is 0.263 e. The van der Waals surface area contributed by atoms with Crippen molar-refractivity contribution in [3.63, 3.8) is 0 Å². The fraction of sp³-hybridized carbons (Fsp3) is 0.355. The molecule has 0 radical (unpaired) electrons. The second kappa shape index (κ2) is 12.1. The van der Waals surface area contributed by atoms with Gasteiger partial charge >= 0.3 is 0 Å². The van der Waals surface area contributed by atoms with Crippen LogP contribution >= 0.6 is 23.2 Å². The number of likely N-dealkylation sites (tertiary alicyclic amines) is 1. The number of alkyl halides is 3. The Morgan fingerprint density at radius 3 is 2.47 bits per heavy atom. The zero-order valence-corrected chi connectivity index (χ0v) is 22.5. The van der Waals surface area contributed by atoms with Gasteiger partial charge in [0, 0.05) is 35.2 Å². The molecule has 5 rings (SSSR count). The third kappa shape index (κ3) is 6.06. The van der Waals surface area contributed by atoms with Crippen molar-refractivity contribution < 1.29 is 17.9 Å². The quantitative estimate of drug-likeness (QED) is 0.273. The summed E-state index contributed by atoms with van der Waals surface area (Å²) in [5, 5.41) is 1.13. The summed E-state index contributed by atoms with van der Waals surface area (Å²) in [4.78, 5) is 2.24. The fourth-order valence-corrected chi connectivity index (χ4v) is 6.07. The first kappa shape index (κ1) is 27.1. The Kier molecular flexibility index (Phi) is 8.67. The van der Waals surface area contributed by atoms with Crippen LogP contribution in [0, 0.1) is 0 Å². The van der Waals surface area contributed by atoms with Crippen molar-refractivity contribution in [2.75, 3.05) is 26.3 Å². The van der Waals surface area contributed by atoms with Crippen LogP contribution in [0.1, 0.15) is 59.9 Å². The van der Waals surface area contributed by atoms with Gasteiger partial charge in [-0.05, 0) is 95.8 Å². The van der Waals surface area contributed by atoms with Crippen LogP contribution in [0.5, 0.6) is 5.75 Å². The van der Waals surface area contributed by atoms with E-state index in [4.69, 9.17) is 27.9 Å². The molecule has 3 aromatic carbocycles. The van der Waals surface area contributed by atoms with Crippen molar-refractivity contribution in [3.05, 3.63) is 98.5 Å².